The van der Waals surface area contributed by atoms with Crippen molar-refractivity contribution in [3.05, 3.63) is 29.6 Å². The molecule has 98 valence electrons. The quantitative estimate of drug-likeness (QED) is 0.876. The minimum Gasteiger partial charge on any atom is -0.494 e. The lowest BCUT2D eigenvalue weighted by Gasteiger charge is -2.23. The number of aliphatic hydroxyl groups excluding tert-OH is 1. The van der Waals surface area contributed by atoms with Crippen LogP contribution in [0, 0.1) is 11.7 Å². The molecular formula is C12H19ClFNO2. The fraction of sp³-hybridized carbons (Fsp3) is 0.500. The molecule has 1 aromatic rings. The summed E-state index contributed by atoms with van der Waals surface area (Å²) in [5, 5.41) is 9.80. The monoisotopic (exact) mass is 263 g/mol. The molecule has 0 aliphatic rings. The minimum absolute atomic E-state index is 0. The van der Waals surface area contributed by atoms with Crippen LogP contribution >= 0.6 is 12.4 Å². The van der Waals surface area contributed by atoms with Crippen LogP contribution in [0.1, 0.15) is 25.5 Å². The average Bonchev–Trinajstić information content (AvgIpc) is 2.27. The Hall–Kier alpha value is -0.840. The molecule has 17 heavy (non-hydrogen) atoms. The van der Waals surface area contributed by atoms with E-state index in [4.69, 9.17) is 10.5 Å². The molecule has 0 unspecified atom stereocenters. The zero-order valence-corrected chi connectivity index (χ0v) is 11.0. The Morgan fingerprint density at radius 2 is 1.94 bits per heavy atom. The van der Waals surface area contributed by atoms with Crippen LogP contribution in [0.3, 0.4) is 0 Å². The summed E-state index contributed by atoms with van der Waals surface area (Å²) < 4.78 is 18.7. The number of rotatable bonds is 4. The number of nitrogens with two attached hydrogens (primary N) is 1. The first-order valence-corrected chi connectivity index (χ1v) is 5.25. The molecule has 0 bridgehead atoms. The topological polar surface area (TPSA) is 55.5 Å². The Morgan fingerprint density at radius 3 is 2.41 bits per heavy atom. The first-order chi connectivity index (χ1) is 7.49. The van der Waals surface area contributed by atoms with Crippen molar-refractivity contribution in [1.82, 2.24) is 0 Å². The molecule has 1 aromatic carbocycles. The Balaban J connectivity index is 0.00000256. The molecule has 1 rings (SSSR count). The van der Waals surface area contributed by atoms with Gasteiger partial charge in [-0.3, -0.25) is 0 Å². The first-order valence-electron chi connectivity index (χ1n) is 5.25. The Bertz CT molecular complexity index is 360. The van der Waals surface area contributed by atoms with Crippen LogP contribution in [-0.2, 0) is 0 Å². The van der Waals surface area contributed by atoms with Crippen LogP contribution in [0.5, 0.6) is 5.75 Å². The van der Waals surface area contributed by atoms with Gasteiger partial charge < -0.3 is 15.6 Å². The fourth-order valence-corrected chi connectivity index (χ4v) is 1.54. The second-order valence-corrected chi connectivity index (χ2v) is 4.12. The van der Waals surface area contributed by atoms with Crippen LogP contribution in [0.4, 0.5) is 4.39 Å². The van der Waals surface area contributed by atoms with E-state index < -0.39 is 18.0 Å². The third-order valence-electron chi connectivity index (χ3n) is 2.62. The molecule has 0 heterocycles. The van der Waals surface area contributed by atoms with Crippen LogP contribution in [0.15, 0.2) is 18.2 Å². The van der Waals surface area contributed by atoms with E-state index in [0.717, 1.165) is 0 Å². The summed E-state index contributed by atoms with van der Waals surface area (Å²) >= 11 is 0. The van der Waals surface area contributed by atoms with Gasteiger partial charge in [0.1, 0.15) is 0 Å². The highest BCUT2D eigenvalue weighted by Gasteiger charge is 2.24. The molecule has 2 atom stereocenters. The first kappa shape index (κ1) is 16.2. The molecule has 0 spiro atoms. The van der Waals surface area contributed by atoms with Gasteiger partial charge in [0.05, 0.1) is 19.3 Å². The number of benzene rings is 1. The van der Waals surface area contributed by atoms with E-state index in [2.05, 4.69) is 0 Å². The molecule has 3 N–H and O–H groups in total. The van der Waals surface area contributed by atoms with Gasteiger partial charge in [-0.2, -0.15) is 0 Å². The second kappa shape index (κ2) is 6.79. The number of methoxy groups -OCH3 is 1. The Kier molecular flexibility index (Phi) is 6.45. The van der Waals surface area contributed by atoms with Gasteiger partial charge in [0.15, 0.2) is 11.6 Å². The van der Waals surface area contributed by atoms with Gasteiger partial charge in [0.2, 0.25) is 0 Å². The standard InChI is InChI=1S/C12H18FNO2.ClH/c1-7(2)12(15)11(14)8-5-4-6-9(16-3)10(8)13;/h4-7,11-12,15H,14H2,1-3H3;1H/t11-,12+;/m1./s1. The summed E-state index contributed by atoms with van der Waals surface area (Å²) in [6, 6.07) is 4.00. The summed E-state index contributed by atoms with van der Waals surface area (Å²) in [5.41, 5.74) is 6.10. The maximum Gasteiger partial charge on any atom is 0.169 e. The van der Waals surface area contributed by atoms with Crippen molar-refractivity contribution in [3.8, 4) is 5.75 Å². The molecule has 0 aliphatic heterocycles. The molecule has 0 aliphatic carbocycles. The van der Waals surface area contributed by atoms with Crippen molar-refractivity contribution in [2.45, 2.75) is 26.0 Å². The average molecular weight is 264 g/mol. The molecule has 0 fully saturated rings. The zero-order chi connectivity index (χ0) is 12.3. The van der Waals surface area contributed by atoms with E-state index in [9.17, 15) is 9.50 Å². The lowest BCUT2D eigenvalue weighted by atomic mass is 9.94. The van der Waals surface area contributed by atoms with E-state index in [1.165, 1.54) is 13.2 Å². The van der Waals surface area contributed by atoms with Crippen molar-refractivity contribution in [3.63, 3.8) is 0 Å². The summed E-state index contributed by atoms with van der Waals surface area (Å²) in [4.78, 5) is 0. The molecule has 0 radical (unpaired) electrons. The van der Waals surface area contributed by atoms with Gasteiger partial charge in [0.25, 0.3) is 0 Å². The smallest absolute Gasteiger partial charge is 0.169 e. The van der Waals surface area contributed by atoms with Crippen molar-refractivity contribution >= 4 is 12.4 Å². The Morgan fingerprint density at radius 1 is 1.35 bits per heavy atom. The normalized spacial score (nSPS) is 14.1. The number of hydrogen-bond acceptors (Lipinski definition) is 3. The van der Waals surface area contributed by atoms with E-state index >= 15 is 0 Å². The molecule has 3 nitrogen and oxygen atoms in total. The van der Waals surface area contributed by atoms with E-state index in [1.54, 1.807) is 12.1 Å². The van der Waals surface area contributed by atoms with Crippen LogP contribution in [0.2, 0.25) is 0 Å². The maximum absolute atomic E-state index is 13.8. The van der Waals surface area contributed by atoms with Crippen LogP contribution in [0.25, 0.3) is 0 Å². The minimum atomic E-state index is -0.776. The third-order valence-corrected chi connectivity index (χ3v) is 2.62. The SMILES string of the molecule is COc1cccc([C@@H](N)[C@@H](O)C(C)C)c1F.Cl. The summed E-state index contributed by atoms with van der Waals surface area (Å²) in [7, 11) is 1.40. The van der Waals surface area contributed by atoms with Gasteiger partial charge in [-0.05, 0) is 12.0 Å². The lowest BCUT2D eigenvalue weighted by Crippen LogP contribution is -2.31. The third kappa shape index (κ3) is 3.56. The van der Waals surface area contributed by atoms with Gasteiger partial charge in [-0.1, -0.05) is 26.0 Å². The van der Waals surface area contributed by atoms with Crippen LogP contribution < -0.4 is 10.5 Å². The number of ether oxygens (including phenoxy) is 1. The second-order valence-electron chi connectivity index (χ2n) is 4.12. The maximum atomic E-state index is 13.8. The highest BCUT2D eigenvalue weighted by Crippen LogP contribution is 2.27. The Labute approximate surface area is 107 Å². The molecule has 0 amide bonds. The molecular weight excluding hydrogens is 245 g/mol. The predicted octanol–water partition coefficient (Wildman–Crippen LogP) is 2.27. The van der Waals surface area contributed by atoms with Crippen molar-refractivity contribution in [1.29, 1.82) is 0 Å². The van der Waals surface area contributed by atoms with Gasteiger partial charge >= 0.3 is 0 Å². The number of halogens is 2. The van der Waals surface area contributed by atoms with Gasteiger partial charge in [-0.15, -0.1) is 12.4 Å². The van der Waals surface area contributed by atoms with E-state index in [0.29, 0.717) is 0 Å². The summed E-state index contributed by atoms with van der Waals surface area (Å²) in [6.07, 6.45) is -0.776. The van der Waals surface area contributed by atoms with Crippen molar-refractivity contribution < 1.29 is 14.2 Å². The largest absolute Gasteiger partial charge is 0.494 e. The number of aliphatic hydroxyl groups is 1. The molecule has 0 aromatic heterocycles. The van der Waals surface area contributed by atoms with Crippen molar-refractivity contribution in [2.24, 2.45) is 11.7 Å². The number of hydrogen-bond donors (Lipinski definition) is 2. The molecule has 0 saturated heterocycles. The highest BCUT2D eigenvalue weighted by molar-refractivity contribution is 5.85. The summed E-state index contributed by atoms with van der Waals surface area (Å²) in [5.74, 6) is -0.387. The summed E-state index contributed by atoms with van der Waals surface area (Å²) in [6.45, 7) is 3.67. The lowest BCUT2D eigenvalue weighted by molar-refractivity contribution is 0.0964. The van der Waals surface area contributed by atoms with Gasteiger partial charge in [0, 0.05) is 5.56 Å². The van der Waals surface area contributed by atoms with E-state index in [1.807, 2.05) is 13.8 Å². The molecule has 5 heteroatoms. The predicted molar refractivity (Wildman–Crippen MR) is 68.0 cm³/mol. The molecule has 0 saturated carbocycles. The van der Waals surface area contributed by atoms with Gasteiger partial charge in [-0.25, -0.2) is 4.39 Å². The fourth-order valence-electron chi connectivity index (χ4n) is 1.54. The highest BCUT2D eigenvalue weighted by atomic mass is 35.5. The zero-order valence-electron chi connectivity index (χ0n) is 10.2. The van der Waals surface area contributed by atoms with Crippen LogP contribution in [-0.4, -0.2) is 18.3 Å². The van der Waals surface area contributed by atoms with E-state index in [-0.39, 0.29) is 29.6 Å². The van der Waals surface area contributed by atoms with Crippen molar-refractivity contribution in [2.75, 3.05) is 7.11 Å².